The number of nitrogens with zero attached hydrogens (tertiary/aromatic N) is 1. The minimum absolute atomic E-state index is 0.0914. The van der Waals surface area contributed by atoms with Crippen LogP contribution in [0.5, 0.6) is 0 Å². The summed E-state index contributed by atoms with van der Waals surface area (Å²) in [5.41, 5.74) is 0.183. The molecule has 170 valence electrons. The second-order valence-electron chi connectivity index (χ2n) is 8.97. The van der Waals surface area contributed by atoms with Crippen LogP contribution in [0.1, 0.15) is 53.9 Å². The fourth-order valence-electron chi connectivity index (χ4n) is 4.69. The highest BCUT2D eigenvalue weighted by molar-refractivity contribution is 5.76. The number of nitrogens with one attached hydrogen (secondary N) is 2. The van der Waals surface area contributed by atoms with Crippen LogP contribution in [0.15, 0.2) is 0 Å². The monoisotopic (exact) mass is 417 g/mol. The molecule has 9 nitrogen and oxygen atoms in total. The molecule has 0 bridgehead atoms. The van der Waals surface area contributed by atoms with Gasteiger partial charge in [0, 0.05) is 37.2 Å². The molecule has 0 aromatic heterocycles. The average molecular weight is 418 g/mol. The van der Waals surface area contributed by atoms with Gasteiger partial charge in [-0.15, -0.1) is 0 Å². The average Bonchev–Trinajstić information content (AvgIpc) is 2.85. The Kier molecular flexibility index (Phi) is 12.0. The Balaban J connectivity index is 0.00000116. The van der Waals surface area contributed by atoms with Gasteiger partial charge in [0.05, 0.1) is 12.1 Å². The molecule has 0 unspecified atom stereocenters. The van der Waals surface area contributed by atoms with Crippen LogP contribution in [0.25, 0.3) is 0 Å². The van der Waals surface area contributed by atoms with E-state index in [1.165, 1.54) is 0 Å². The SMILES string of the molecule is CCO[C@H]1CN(C)C[C@@H]1NC(=O)CC1CC(C)(C)NC(C)(C)C1.O=CO.O=CO. The van der Waals surface area contributed by atoms with Crippen LogP contribution in [0.3, 0.4) is 0 Å². The van der Waals surface area contributed by atoms with Crippen molar-refractivity contribution in [2.45, 2.75) is 77.1 Å². The van der Waals surface area contributed by atoms with Crippen LogP contribution < -0.4 is 10.6 Å². The van der Waals surface area contributed by atoms with Crippen molar-refractivity contribution in [3.8, 4) is 0 Å². The van der Waals surface area contributed by atoms with Crippen molar-refractivity contribution < 1.29 is 29.3 Å². The number of likely N-dealkylation sites (tertiary alicyclic amines) is 1. The maximum atomic E-state index is 12.5. The van der Waals surface area contributed by atoms with Crippen molar-refractivity contribution in [1.29, 1.82) is 0 Å². The molecule has 2 aliphatic heterocycles. The minimum Gasteiger partial charge on any atom is -0.483 e. The summed E-state index contributed by atoms with van der Waals surface area (Å²) in [6.45, 7) is 12.9. The van der Waals surface area contributed by atoms with E-state index in [4.69, 9.17) is 24.5 Å². The topological polar surface area (TPSA) is 128 Å². The lowest BCUT2D eigenvalue weighted by atomic mass is 9.74. The summed E-state index contributed by atoms with van der Waals surface area (Å²) < 4.78 is 5.78. The molecular formula is C20H39N3O6. The maximum absolute atomic E-state index is 12.5. The summed E-state index contributed by atoms with van der Waals surface area (Å²) in [5, 5.41) is 20.7. The fraction of sp³-hybridized carbons (Fsp3) is 0.850. The zero-order chi connectivity index (χ0) is 22.7. The number of likely N-dealkylation sites (N-methyl/N-ethyl adjacent to an activating group) is 1. The summed E-state index contributed by atoms with van der Waals surface area (Å²) >= 11 is 0. The minimum atomic E-state index is -0.250. The summed E-state index contributed by atoms with van der Waals surface area (Å²) in [7, 11) is 2.08. The Morgan fingerprint density at radius 3 is 2.07 bits per heavy atom. The molecule has 1 amide bonds. The number of carboxylic acid groups (broad SMARTS) is 2. The van der Waals surface area contributed by atoms with Gasteiger partial charge < -0.3 is 30.5 Å². The Labute approximate surface area is 174 Å². The van der Waals surface area contributed by atoms with Crippen molar-refractivity contribution in [1.82, 2.24) is 15.5 Å². The van der Waals surface area contributed by atoms with Gasteiger partial charge in [0.25, 0.3) is 12.9 Å². The summed E-state index contributed by atoms with van der Waals surface area (Å²) in [6.07, 6.45) is 2.83. The van der Waals surface area contributed by atoms with Gasteiger partial charge in [-0.2, -0.15) is 0 Å². The van der Waals surface area contributed by atoms with E-state index in [9.17, 15) is 4.79 Å². The lowest BCUT2D eigenvalue weighted by molar-refractivity contribution is -0.124. The molecule has 0 aromatic carbocycles. The van der Waals surface area contributed by atoms with Gasteiger partial charge >= 0.3 is 0 Å². The van der Waals surface area contributed by atoms with E-state index in [1.807, 2.05) is 6.92 Å². The van der Waals surface area contributed by atoms with Crippen molar-refractivity contribution in [2.24, 2.45) is 5.92 Å². The molecule has 2 rings (SSSR count). The van der Waals surface area contributed by atoms with Gasteiger partial charge in [0.15, 0.2) is 0 Å². The van der Waals surface area contributed by atoms with Crippen LogP contribution >= 0.6 is 0 Å². The van der Waals surface area contributed by atoms with Crippen LogP contribution in [0.2, 0.25) is 0 Å². The Bertz CT molecular complexity index is 490. The highest BCUT2D eigenvalue weighted by Gasteiger charge is 2.39. The number of piperidine rings is 1. The van der Waals surface area contributed by atoms with E-state index in [0.717, 1.165) is 25.9 Å². The molecule has 9 heteroatoms. The maximum Gasteiger partial charge on any atom is 0.290 e. The standard InChI is InChI=1S/C18H35N3O2.2CH2O2/c1-7-23-15-12-21(6)11-14(15)19-16(22)8-13-9-17(2,3)20-18(4,5)10-13;2*2-1-3/h13-15,20H,7-12H2,1-6H3,(H,19,22);2*1H,(H,2,3)/t14-,15-;;/m0../s1. The van der Waals surface area contributed by atoms with Gasteiger partial charge in [-0.05, 0) is 60.4 Å². The number of hydrogen-bond donors (Lipinski definition) is 4. The van der Waals surface area contributed by atoms with Gasteiger partial charge in [0.2, 0.25) is 5.91 Å². The molecular weight excluding hydrogens is 378 g/mol. The third kappa shape index (κ3) is 11.2. The molecule has 0 aromatic rings. The third-order valence-electron chi connectivity index (χ3n) is 4.92. The quantitative estimate of drug-likeness (QED) is 0.491. The first kappa shape index (κ1) is 27.3. The second-order valence-corrected chi connectivity index (χ2v) is 8.97. The summed E-state index contributed by atoms with van der Waals surface area (Å²) in [4.78, 5) is 31.5. The van der Waals surface area contributed by atoms with Gasteiger partial charge in [-0.1, -0.05) is 0 Å². The lowest BCUT2D eigenvalue weighted by Crippen LogP contribution is -2.58. The molecule has 0 radical (unpaired) electrons. The molecule has 2 heterocycles. The van der Waals surface area contributed by atoms with Crippen LogP contribution in [-0.4, -0.2) is 83.9 Å². The second kappa shape index (κ2) is 12.8. The van der Waals surface area contributed by atoms with E-state index in [0.29, 0.717) is 18.9 Å². The number of carbonyl (C=O) groups excluding carboxylic acids is 1. The van der Waals surface area contributed by atoms with Crippen LogP contribution in [0.4, 0.5) is 0 Å². The summed E-state index contributed by atoms with van der Waals surface area (Å²) in [6, 6.07) is 0.121. The van der Waals surface area contributed by atoms with E-state index in [1.54, 1.807) is 0 Å². The number of ether oxygens (including phenoxy) is 1. The lowest BCUT2D eigenvalue weighted by Gasteiger charge is -2.46. The van der Waals surface area contributed by atoms with Crippen molar-refractivity contribution >= 4 is 18.9 Å². The summed E-state index contributed by atoms with van der Waals surface area (Å²) in [5.74, 6) is 0.611. The zero-order valence-electron chi connectivity index (χ0n) is 18.6. The Morgan fingerprint density at radius 2 is 1.62 bits per heavy atom. The molecule has 0 spiro atoms. The Morgan fingerprint density at radius 1 is 1.14 bits per heavy atom. The molecule has 2 fully saturated rings. The molecule has 0 aliphatic carbocycles. The fourth-order valence-corrected chi connectivity index (χ4v) is 4.69. The molecule has 4 N–H and O–H groups in total. The predicted molar refractivity (Wildman–Crippen MR) is 111 cm³/mol. The smallest absolute Gasteiger partial charge is 0.290 e. The molecule has 0 saturated carbocycles. The highest BCUT2D eigenvalue weighted by atomic mass is 16.5. The highest BCUT2D eigenvalue weighted by Crippen LogP contribution is 2.34. The largest absolute Gasteiger partial charge is 0.483 e. The predicted octanol–water partition coefficient (Wildman–Crippen LogP) is 1.17. The van der Waals surface area contributed by atoms with E-state index in [2.05, 4.69) is 50.3 Å². The first-order valence-electron chi connectivity index (χ1n) is 9.98. The number of carbonyl (C=O) groups is 3. The van der Waals surface area contributed by atoms with Crippen LogP contribution in [0, 0.1) is 5.92 Å². The van der Waals surface area contributed by atoms with Gasteiger partial charge in [0.1, 0.15) is 0 Å². The van der Waals surface area contributed by atoms with Gasteiger partial charge in [-0.25, -0.2) is 0 Å². The van der Waals surface area contributed by atoms with Crippen molar-refractivity contribution in [2.75, 3.05) is 26.7 Å². The molecule has 2 atom stereocenters. The van der Waals surface area contributed by atoms with Crippen molar-refractivity contribution in [3.63, 3.8) is 0 Å². The number of amides is 1. The first-order valence-corrected chi connectivity index (χ1v) is 9.98. The zero-order valence-corrected chi connectivity index (χ0v) is 18.6. The molecule has 2 saturated heterocycles. The normalized spacial score (nSPS) is 25.6. The number of hydrogen-bond acceptors (Lipinski definition) is 6. The molecule has 2 aliphatic rings. The molecule has 29 heavy (non-hydrogen) atoms. The first-order chi connectivity index (χ1) is 13.4. The third-order valence-corrected chi connectivity index (χ3v) is 4.92. The van der Waals surface area contributed by atoms with E-state index < -0.39 is 0 Å². The Hall–Kier alpha value is -1.71. The van der Waals surface area contributed by atoms with Crippen molar-refractivity contribution in [3.05, 3.63) is 0 Å². The van der Waals surface area contributed by atoms with Gasteiger partial charge in [-0.3, -0.25) is 14.4 Å². The van der Waals surface area contributed by atoms with Crippen LogP contribution in [-0.2, 0) is 19.1 Å². The van der Waals surface area contributed by atoms with E-state index >= 15 is 0 Å². The number of rotatable bonds is 5. The van der Waals surface area contributed by atoms with E-state index in [-0.39, 0.29) is 42.1 Å².